The van der Waals surface area contributed by atoms with E-state index in [1.807, 2.05) is 0 Å². The summed E-state index contributed by atoms with van der Waals surface area (Å²) in [7, 11) is -2.77. The highest BCUT2D eigenvalue weighted by molar-refractivity contribution is 7.90. The number of hydrogen-bond donors (Lipinski definition) is 0. The lowest BCUT2D eigenvalue weighted by molar-refractivity contribution is -0.139. The first-order chi connectivity index (χ1) is 10.9. The Balaban J connectivity index is 1.98. The third-order valence-corrected chi connectivity index (χ3v) is 4.85. The van der Waals surface area contributed by atoms with Crippen LogP contribution in [0.15, 0.2) is 41.3 Å². The summed E-state index contributed by atoms with van der Waals surface area (Å²) >= 11 is 0. The summed E-state index contributed by atoms with van der Waals surface area (Å²) in [4.78, 5) is 34.1. The van der Waals surface area contributed by atoms with Crippen molar-refractivity contribution in [3.8, 4) is 0 Å². The number of carbonyl (C=O) groups excluding carboxylic acids is 3. The third kappa shape index (κ3) is 3.39. The number of rotatable bonds is 5. The molecule has 0 fully saturated rings. The number of benzene rings is 1. The predicted octanol–water partition coefficient (Wildman–Crippen LogP) is 0.103. The number of esters is 2. The zero-order valence-electron chi connectivity index (χ0n) is 12.1. The van der Waals surface area contributed by atoms with Crippen LogP contribution in [-0.4, -0.2) is 50.8 Å². The Bertz CT molecular complexity index is 782. The quantitative estimate of drug-likeness (QED) is 0.553. The lowest BCUT2D eigenvalue weighted by Gasteiger charge is -2.14. The van der Waals surface area contributed by atoms with Gasteiger partial charge in [0.1, 0.15) is 11.5 Å². The van der Waals surface area contributed by atoms with E-state index in [-0.39, 0.29) is 23.6 Å². The van der Waals surface area contributed by atoms with Gasteiger partial charge in [0.15, 0.2) is 0 Å². The Hall–Kier alpha value is -2.68. The summed E-state index contributed by atoms with van der Waals surface area (Å²) in [5.41, 5.74) is 0.0874. The van der Waals surface area contributed by atoms with Crippen molar-refractivity contribution in [1.82, 2.24) is 4.31 Å². The van der Waals surface area contributed by atoms with Gasteiger partial charge in [-0.2, -0.15) is 0 Å². The zero-order chi connectivity index (χ0) is 17.0. The molecule has 0 radical (unpaired) electrons. The average Bonchev–Trinajstić information content (AvgIpc) is 2.73. The summed E-state index contributed by atoms with van der Waals surface area (Å²) in [5.74, 6) is -2.24. The highest BCUT2D eigenvalue weighted by Crippen LogP contribution is 2.29. The van der Waals surface area contributed by atoms with Crippen LogP contribution >= 0.6 is 0 Å². The van der Waals surface area contributed by atoms with Gasteiger partial charge in [-0.05, 0) is 12.1 Å². The molecule has 0 spiro atoms. The summed E-state index contributed by atoms with van der Waals surface area (Å²) in [5, 5.41) is 0. The minimum Gasteiger partial charge on any atom is -0.466 e. The van der Waals surface area contributed by atoms with Crippen LogP contribution in [0.3, 0.4) is 0 Å². The second-order valence-corrected chi connectivity index (χ2v) is 6.23. The van der Waals surface area contributed by atoms with Crippen molar-refractivity contribution in [3.05, 3.63) is 42.0 Å². The molecule has 0 saturated carbocycles. The molecule has 23 heavy (non-hydrogen) atoms. The van der Waals surface area contributed by atoms with E-state index >= 15 is 0 Å². The molecule has 0 N–H and O–H groups in total. The van der Waals surface area contributed by atoms with E-state index in [9.17, 15) is 22.8 Å². The molecule has 0 saturated heterocycles. The van der Waals surface area contributed by atoms with Crippen LogP contribution in [0.2, 0.25) is 0 Å². The lowest BCUT2D eigenvalue weighted by Crippen LogP contribution is -2.33. The van der Waals surface area contributed by atoms with Gasteiger partial charge in [0.05, 0.1) is 19.2 Å². The Kier molecular flexibility index (Phi) is 4.80. The molecule has 122 valence electrons. The maximum absolute atomic E-state index is 12.2. The van der Waals surface area contributed by atoms with Gasteiger partial charge < -0.3 is 9.47 Å². The van der Waals surface area contributed by atoms with Crippen LogP contribution in [0, 0.1) is 0 Å². The SMILES string of the molecule is COC(=O)/C=C/C(=O)OCCN1C(=O)c2ccccc2S1(=O)=O. The van der Waals surface area contributed by atoms with Crippen LogP contribution in [-0.2, 0) is 29.1 Å². The summed E-state index contributed by atoms with van der Waals surface area (Å²) < 4.78 is 34.1. The van der Waals surface area contributed by atoms with Crippen molar-refractivity contribution < 1.29 is 32.3 Å². The first-order valence-corrected chi connectivity index (χ1v) is 7.91. The van der Waals surface area contributed by atoms with Gasteiger partial charge in [-0.1, -0.05) is 12.1 Å². The van der Waals surface area contributed by atoms with Crippen LogP contribution < -0.4 is 0 Å². The fourth-order valence-electron chi connectivity index (χ4n) is 1.93. The molecule has 1 aliphatic heterocycles. The summed E-state index contributed by atoms with van der Waals surface area (Å²) in [6.07, 6.45) is 1.72. The summed E-state index contributed by atoms with van der Waals surface area (Å²) in [6.45, 7) is -0.642. The molecular formula is C14H13NO7S. The Morgan fingerprint density at radius 1 is 1.17 bits per heavy atom. The van der Waals surface area contributed by atoms with E-state index in [2.05, 4.69) is 4.74 Å². The number of hydrogen-bond acceptors (Lipinski definition) is 7. The maximum Gasteiger partial charge on any atom is 0.331 e. The molecule has 0 aromatic heterocycles. The molecule has 1 aliphatic rings. The molecule has 1 aromatic rings. The number of nitrogens with zero attached hydrogens (tertiary/aromatic N) is 1. The molecular weight excluding hydrogens is 326 g/mol. The Labute approximate surface area is 132 Å². The molecule has 2 rings (SSSR count). The summed E-state index contributed by atoms with van der Waals surface area (Å²) in [6, 6.07) is 5.84. The number of fused-ring (bicyclic) bond motifs is 1. The zero-order valence-corrected chi connectivity index (χ0v) is 12.9. The number of sulfonamides is 1. The third-order valence-electron chi connectivity index (χ3n) is 3.01. The van der Waals surface area contributed by atoms with Crippen LogP contribution in [0.4, 0.5) is 0 Å². The number of carbonyl (C=O) groups is 3. The molecule has 0 atom stereocenters. The van der Waals surface area contributed by atoms with Crippen molar-refractivity contribution in [1.29, 1.82) is 0 Å². The molecule has 0 bridgehead atoms. The first-order valence-electron chi connectivity index (χ1n) is 6.47. The average molecular weight is 339 g/mol. The predicted molar refractivity (Wildman–Crippen MR) is 76.8 cm³/mol. The molecule has 1 heterocycles. The second-order valence-electron chi connectivity index (χ2n) is 4.40. The number of ether oxygens (including phenoxy) is 2. The van der Waals surface area contributed by atoms with Gasteiger partial charge in [0, 0.05) is 12.2 Å². The largest absolute Gasteiger partial charge is 0.466 e. The Morgan fingerprint density at radius 2 is 1.83 bits per heavy atom. The van der Waals surface area contributed by atoms with Crippen molar-refractivity contribution in [2.24, 2.45) is 0 Å². The lowest BCUT2D eigenvalue weighted by atomic mass is 10.2. The first kappa shape index (κ1) is 16.7. The van der Waals surface area contributed by atoms with Gasteiger partial charge in [-0.3, -0.25) is 4.79 Å². The molecule has 0 unspecified atom stereocenters. The van der Waals surface area contributed by atoms with Gasteiger partial charge >= 0.3 is 11.9 Å². The fraction of sp³-hybridized carbons (Fsp3) is 0.214. The van der Waals surface area contributed by atoms with Crippen molar-refractivity contribution >= 4 is 27.9 Å². The van der Waals surface area contributed by atoms with Gasteiger partial charge in [-0.25, -0.2) is 22.3 Å². The minimum absolute atomic E-state index is 0.0677. The Morgan fingerprint density at radius 3 is 2.48 bits per heavy atom. The molecule has 8 nitrogen and oxygen atoms in total. The molecule has 0 aliphatic carbocycles. The topological polar surface area (TPSA) is 107 Å². The maximum atomic E-state index is 12.2. The smallest absolute Gasteiger partial charge is 0.331 e. The van der Waals surface area contributed by atoms with Gasteiger partial charge in [0.25, 0.3) is 15.9 Å². The highest BCUT2D eigenvalue weighted by Gasteiger charge is 2.40. The van der Waals surface area contributed by atoms with Crippen LogP contribution in [0.1, 0.15) is 10.4 Å². The van der Waals surface area contributed by atoms with E-state index < -0.39 is 27.9 Å². The van der Waals surface area contributed by atoms with E-state index in [0.29, 0.717) is 4.31 Å². The monoisotopic (exact) mass is 339 g/mol. The van der Waals surface area contributed by atoms with Crippen molar-refractivity contribution in [2.75, 3.05) is 20.3 Å². The van der Waals surface area contributed by atoms with Gasteiger partial charge in [-0.15, -0.1) is 0 Å². The standard InChI is InChI=1S/C14H13NO7S/c1-21-12(16)6-7-13(17)22-9-8-15-14(18)10-4-2-3-5-11(10)23(15,19)20/h2-7H,8-9H2,1H3/b7-6+. The van der Waals surface area contributed by atoms with Crippen LogP contribution in [0.5, 0.6) is 0 Å². The molecule has 1 aromatic carbocycles. The molecule has 1 amide bonds. The van der Waals surface area contributed by atoms with E-state index in [1.165, 1.54) is 18.2 Å². The van der Waals surface area contributed by atoms with Crippen molar-refractivity contribution in [3.63, 3.8) is 0 Å². The van der Waals surface area contributed by atoms with E-state index in [0.717, 1.165) is 19.3 Å². The van der Waals surface area contributed by atoms with E-state index in [4.69, 9.17) is 4.74 Å². The molecule has 9 heteroatoms. The second kappa shape index (κ2) is 6.61. The fourth-order valence-corrected chi connectivity index (χ4v) is 3.49. The van der Waals surface area contributed by atoms with Gasteiger partial charge in [0.2, 0.25) is 0 Å². The van der Waals surface area contributed by atoms with E-state index in [1.54, 1.807) is 6.07 Å². The number of amides is 1. The normalized spacial score (nSPS) is 15.5. The minimum atomic E-state index is -3.92. The van der Waals surface area contributed by atoms with Crippen LogP contribution in [0.25, 0.3) is 0 Å². The highest BCUT2D eigenvalue weighted by atomic mass is 32.2. The van der Waals surface area contributed by atoms with Crippen molar-refractivity contribution in [2.45, 2.75) is 4.90 Å². The number of methoxy groups -OCH3 is 1.